The molecule has 0 saturated carbocycles. The molecule has 1 saturated heterocycles. The van der Waals surface area contributed by atoms with E-state index in [1.54, 1.807) is 0 Å². The number of carbonyl (C=O) groups is 1. The fourth-order valence-electron chi connectivity index (χ4n) is 1.84. The molecule has 1 aromatic carbocycles. The number of halogens is 2. The molecule has 104 valence electrons. The molecule has 1 unspecified atom stereocenters. The van der Waals surface area contributed by atoms with Crippen LogP contribution in [0.1, 0.15) is 5.56 Å². The number of ether oxygens (including phenoxy) is 2. The van der Waals surface area contributed by atoms with E-state index >= 15 is 0 Å². The van der Waals surface area contributed by atoms with E-state index in [1.165, 1.54) is 12.1 Å². The molecule has 1 atom stereocenters. The van der Waals surface area contributed by atoms with E-state index in [9.17, 15) is 13.6 Å². The topological polar surface area (TPSA) is 47.6 Å². The summed E-state index contributed by atoms with van der Waals surface area (Å²) in [4.78, 5) is 11.7. The molecule has 6 heteroatoms. The Morgan fingerprint density at radius 2 is 2.00 bits per heavy atom. The highest BCUT2D eigenvalue weighted by molar-refractivity contribution is 5.80. The summed E-state index contributed by atoms with van der Waals surface area (Å²) in [6, 6.07) is 3.31. The summed E-state index contributed by atoms with van der Waals surface area (Å²) >= 11 is 0. The Balaban J connectivity index is 1.77. The first kappa shape index (κ1) is 13.9. The summed E-state index contributed by atoms with van der Waals surface area (Å²) in [5.74, 6) is -1.51. The molecular weight excluding hydrogens is 256 g/mol. The smallest absolute Gasteiger partial charge is 0.251 e. The summed E-state index contributed by atoms with van der Waals surface area (Å²) in [6.07, 6.45) is -0.244. The fraction of sp³-hybridized carbons (Fsp3) is 0.462. The van der Waals surface area contributed by atoms with E-state index in [2.05, 4.69) is 5.32 Å². The van der Waals surface area contributed by atoms with Crippen molar-refractivity contribution in [3.05, 3.63) is 35.4 Å². The van der Waals surface area contributed by atoms with E-state index < -0.39 is 17.7 Å². The lowest BCUT2D eigenvalue weighted by Gasteiger charge is -2.22. The van der Waals surface area contributed by atoms with Crippen LogP contribution in [-0.2, 0) is 20.7 Å². The predicted molar refractivity (Wildman–Crippen MR) is 63.6 cm³/mol. The van der Waals surface area contributed by atoms with Crippen molar-refractivity contribution in [3.8, 4) is 0 Å². The minimum absolute atomic E-state index is 0.237. The third-order valence-electron chi connectivity index (χ3n) is 2.74. The molecule has 1 aromatic rings. The highest BCUT2D eigenvalue weighted by Crippen LogP contribution is 2.08. The van der Waals surface area contributed by atoms with Gasteiger partial charge in [-0.1, -0.05) is 0 Å². The van der Waals surface area contributed by atoms with Gasteiger partial charge in [0.05, 0.1) is 19.8 Å². The molecule has 4 nitrogen and oxygen atoms in total. The van der Waals surface area contributed by atoms with Crippen LogP contribution in [0.15, 0.2) is 18.2 Å². The maximum atomic E-state index is 12.9. The predicted octanol–water partition coefficient (Wildman–Crippen LogP) is 1.04. The minimum Gasteiger partial charge on any atom is -0.376 e. The SMILES string of the molecule is O=C(NCCc1cc(F)cc(F)c1)C1COCCO1. The van der Waals surface area contributed by atoms with Gasteiger partial charge in [0.2, 0.25) is 0 Å². The van der Waals surface area contributed by atoms with Crippen molar-refractivity contribution >= 4 is 5.91 Å². The van der Waals surface area contributed by atoms with Crippen molar-refractivity contribution in [1.29, 1.82) is 0 Å². The fourth-order valence-corrected chi connectivity index (χ4v) is 1.84. The lowest BCUT2D eigenvalue weighted by atomic mass is 10.1. The molecule has 19 heavy (non-hydrogen) atoms. The van der Waals surface area contributed by atoms with E-state index in [0.717, 1.165) is 6.07 Å². The Labute approximate surface area is 109 Å². The number of rotatable bonds is 4. The maximum Gasteiger partial charge on any atom is 0.251 e. The van der Waals surface area contributed by atoms with Crippen LogP contribution in [0, 0.1) is 11.6 Å². The first-order valence-corrected chi connectivity index (χ1v) is 6.07. The van der Waals surface area contributed by atoms with Gasteiger partial charge in [0, 0.05) is 12.6 Å². The molecule has 0 bridgehead atoms. The summed E-state index contributed by atoms with van der Waals surface area (Å²) in [7, 11) is 0. The number of nitrogens with one attached hydrogen (secondary N) is 1. The van der Waals surface area contributed by atoms with Crippen LogP contribution in [0.25, 0.3) is 0 Å². The number of hydrogen-bond donors (Lipinski definition) is 1. The Hall–Kier alpha value is -1.53. The average molecular weight is 271 g/mol. The monoisotopic (exact) mass is 271 g/mol. The van der Waals surface area contributed by atoms with Crippen molar-refractivity contribution in [2.75, 3.05) is 26.4 Å². The highest BCUT2D eigenvalue weighted by atomic mass is 19.1. The second-order valence-corrected chi connectivity index (χ2v) is 4.25. The van der Waals surface area contributed by atoms with Gasteiger partial charge in [0.1, 0.15) is 11.6 Å². The Morgan fingerprint density at radius 1 is 1.26 bits per heavy atom. The lowest BCUT2D eigenvalue weighted by molar-refractivity contribution is -0.147. The van der Waals surface area contributed by atoms with Crippen molar-refractivity contribution in [3.63, 3.8) is 0 Å². The number of benzene rings is 1. The second kappa shape index (κ2) is 6.58. The van der Waals surface area contributed by atoms with Gasteiger partial charge in [-0.05, 0) is 24.1 Å². The van der Waals surface area contributed by atoms with Gasteiger partial charge in [0.25, 0.3) is 5.91 Å². The number of hydrogen-bond acceptors (Lipinski definition) is 3. The molecule has 1 amide bonds. The normalized spacial score (nSPS) is 19.2. The molecule has 0 aliphatic carbocycles. The average Bonchev–Trinajstić information content (AvgIpc) is 2.38. The van der Waals surface area contributed by atoms with Gasteiger partial charge >= 0.3 is 0 Å². The molecule has 0 spiro atoms. The second-order valence-electron chi connectivity index (χ2n) is 4.25. The lowest BCUT2D eigenvalue weighted by Crippen LogP contribution is -2.43. The quantitative estimate of drug-likeness (QED) is 0.890. The zero-order valence-corrected chi connectivity index (χ0v) is 10.3. The van der Waals surface area contributed by atoms with Gasteiger partial charge in [-0.15, -0.1) is 0 Å². The third kappa shape index (κ3) is 4.25. The number of amides is 1. The summed E-state index contributed by atoms with van der Waals surface area (Å²) in [5.41, 5.74) is 0.499. The zero-order valence-electron chi connectivity index (χ0n) is 10.3. The summed E-state index contributed by atoms with van der Waals surface area (Å²) in [6.45, 7) is 1.42. The maximum absolute atomic E-state index is 12.9. The summed E-state index contributed by atoms with van der Waals surface area (Å²) < 4.78 is 36.2. The van der Waals surface area contributed by atoms with Crippen LogP contribution in [0.5, 0.6) is 0 Å². The van der Waals surface area contributed by atoms with Gasteiger partial charge in [-0.2, -0.15) is 0 Å². The standard InChI is InChI=1S/C13H15F2NO3/c14-10-5-9(6-11(15)7-10)1-2-16-13(17)12-8-18-3-4-19-12/h5-7,12H,1-4,8H2,(H,16,17). The number of carbonyl (C=O) groups excluding carboxylic acids is 1. The highest BCUT2D eigenvalue weighted by Gasteiger charge is 2.21. The molecule has 1 aliphatic rings. The van der Waals surface area contributed by atoms with E-state index in [4.69, 9.17) is 9.47 Å². The van der Waals surface area contributed by atoms with Crippen LogP contribution >= 0.6 is 0 Å². The Kier molecular flexibility index (Phi) is 4.81. The van der Waals surface area contributed by atoms with Gasteiger partial charge in [-0.25, -0.2) is 8.78 Å². The molecule has 1 aliphatic heterocycles. The van der Waals surface area contributed by atoms with Gasteiger partial charge < -0.3 is 14.8 Å². The molecule has 0 aromatic heterocycles. The molecule has 1 N–H and O–H groups in total. The Morgan fingerprint density at radius 3 is 2.63 bits per heavy atom. The van der Waals surface area contributed by atoms with Crippen LogP contribution < -0.4 is 5.32 Å². The minimum atomic E-state index is -0.620. The van der Waals surface area contributed by atoms with Crippen LogP contribution in [0.3, 0.4) is 0 Å². The first-order chi connectivity index (χ1) is 9.15. The molecular formula is C13H15F2NO3. The molecule has 1 fully saturated rings. The van der Waals surface area contributed by atoms with Crippen molar-refractivity contribution in [1.82, 2.24) is 5.32 Å². The molecule has 0 radical (unpaired) electrons. The van der Waals surface area contributed by atoms with Gasteiger partial charge in [0.15, 0.2) is 6.10 Å². The largest absolute Gasteiger partial charge is 0.376 e. The van der Waals surface area contributed by atoms with E-state index in [0.29, 0.717) is 31.7 Å². The van der Waals surface area contributed by atoms with Crippen LogP contribution in [0.4, 0.5) is 8.78 Å². The van der Waals surface area contributed by atoms with Crippen molar-refractivity contribution < 1.29 is 23.0 Å². The summed E-state index contributed by atoms with van der Waals surface area (Å²) in [5, 5.41) is 2.65. The van der Waals surface area contributed by atoms with Crippen LogP contribution in [0.2, 0.25) is 0 Å². The van der Waals surface area contributed by atoms with Crippen LogP contribution in [-0.4, -0.2) is 38.4 Å². The van der Waals surface area contributed by atoms with Gasteiger partial charge in [-0.3, -0.25) is 4.79 Å². The zero-order chi connectivity index (χ0) is 13.7. The first-order valence-electron chi connectivity index (χ1n) is 6.07. The van der Waals surface area contributed by atoms with E-state index in [1.807, 2.05) is 0 Å². The Bertz CT molecular complexity index is 427. The molecule has 1 heterocycles. The van der Waals surface area contributed by atoms with E-state index in [-0.39, 0.29) is 12.5 Å². The third-order valence-corrected chi connectivity index (χ3v) is 2.74. The van der Waals surface area contributed by atoms with Crippen molar-refractivity contribution in [2.24, 2.45) is 0 Å². The molecule has 2 rings (SSSR count). The van der Waals surface area contributed by atoms with Crippen molar-refractivity contribution in [2.45, 2.75) is 12.5 Å².